The van der Waals surface area contributed by atoms with Crippen LogP contribution in [0.4, 0.5) is 0 Å². The minimum absolute atomic E-state index is 0.665. The Kier molecular flexibility index (Phi) is 7.48. The summed E-state index contributed by atoms with van der Waals surface area (Å²) in [5, 5.41) is 4.49. The van der Waals surface area contributed by atoms with Crippen LogP contribution in [0, 0.1) is 17.8 Å². The third-order valence-electron chi connectivity index (χ3n) is 3.26. The van der Waals surface area contributed by atoms with E-state index in [1.165, 1.54) is 12.0 Å². The summed E-state index contributed by atoms with van der Waals surface area (Å²) in [6, 6.07) is 8.22. The molecule has 0 aromatic heterocycles. The Morgan fingerprint density at radius 2 is 1.68 bits per heavy atom. The van der Waals surface area contributed by atoms with Gasteiger partial charge in [-0.25, -0.2) is 0 Å². The van der Waals surface area contributed by atoms with Gasteiger partial charge in [0.05, 0.1) is 0 Å². The van der Waals surface area contributed by atoms with Crippen molar-refractivity contribution < 1.29 is 0 Å². The lowest BCUT2D eigenvalue weighted by Gasteiger charge is -2.21. The largest absolute Gasteiger partial charge is 0.316 e. The van der Waals surface area contributed by atoms with Gasteiger partial charge in [-0.05, 0) is 55.3 Å². The predicted molar refractivity (Wildman–Crippen MR) is 85.8 cm³/mol. The number of hydrogen-bond acceptors (Lipinski definition) is 1. The summed E-state index contributed by atoms with van der Waals surface area (Å²) in [4.78, 5) is 0. The fourth-order valence-corrected chi connectivity index (χ4v) is 2.67. The van der Waals surface area contributed by atoms with Crippen molar-refractivity contribution in [3.05, 3.63) is 34.9 Å². The van der Waals surface area contributed by atoms with Crippen molar-refractivity contribution >= 4 is 11.6 Å². The molecule has 0 saturated carbocycles. The number of benzene rings is 1. The van der Waals surface area contributed by atoms with Gasteiger partial charge in [0.15, 0.2) is 0 Å². The van der Waals surface area contributed by atoms with E-state index in [2.05, 4.69) is 45.1 Å². The van der Waals surface area contributed by atoms with E-state index in [9.17, 15) is 0 Å². The van der Waals surface area contributed by atoms with E-state index in [1.54, 1.807) is 0 Å². The molecule has 19 heavy (non-hydrogen) atoms. The summed E-state index contributed by atoms with van der Waals surface area (Å²) in [5.74, 6) is 2.10. The minimum atomic E-state index is 0.665. The van der Waals surface area contributed by atoms with Gasteiger partial charge in [0.2, 0.25) is 0 Å². The van der Waals surface area contributed by atoms with Gasteiger partial charge in [0.1, 0.15) is 0 Å². The first kappa shape index (κ1) is 16.5. The van der Waals surface area contributed by atoms with Crippen LogP contribution >= 0.6 is 11.6 Å². The maximum atomic E-state index is 6.27. The molecule has 0 amide bonds. The molecule has 1 aromatic carbocycles. The summed E-state index contributed by atoms with van der Waals surface area (Å²) in [6.07, 6.45) is 2.32. The summed E-state index contributed by atoms with van der Waals surface area (Å²) in [6.45, 7) is 11.3. The van der Waals surface area contributed by atoms with E-state index < -0.39 is 0 Å². The van der Waals surface area contributed by atoms with Crippen LogP contribution in [-0.2, 0) is 6.42 Å². The quantitative estimate of drug-likeness (QED) is 0.722. The van der Waals surface area contributed by atoms with Gasteiger partial charge in [-0.3, -0.25) is 0 Å². The summed E-state index contributed by atoms with van der Waals surface area (Å²) in [7, 11) is 0. The number of rotatable bonds is 8. The molecule has 1 N–H and O–H groups in total. The maximum Gasteiger partial charge on any atom is 0.0438 e. The molecule has 0 aliphatic heterocycles. The first-order chi connectivity index (χ1) is 8.99. The van der Waals surface area contributed by atoms with Crippen LogP contribution in [0.25, 0.3) is 0 Å². The zero-order chi connectivity index (χ0) is 14.3. The van der Waals surface area contributed by atoms with Crippen LogP contribution < -0.4 is 5.32 Å². The van der Waals surface area contributed by atoms with Crippen LogP contribution in [-0.4, -0.2) is 13.1 Å². The van der Waals surface area contributed by atoms with Crippen molar-refractivity contribution in [2.75, 3.05) is 13.1 Å². The normalized spacial score (nSPS) is 13.2. The minimum Gasteiger partial charge on any atom is -0.316 e. The maximum absolute atomic E-state index is 6.27. The van der Waals surface area contributed by atoms with Crippen molar-refractivity contribution in [1.29, 1.82) is 0 Å². The summed E-state index contributed by atoms with van der Waals surface area (Å²) in [5.41, 5.74) is 1.28. The summed E-state index contributed by atoms with van der Waals surface area (Å²) < 4.78 is 0. The Morgan fingerprint density at radius 1 is 1.00 bits per heavy atom. The van der Waals surface area contributed by atoms with Gasteiger partial charge in [-0.1, -0.05) is 57.5 Å². The van der Waals surface area contributed by atoms with Crippen molar-refractivity contribution in [2.45, 2.75) is 40.5 Å². The van der Waals surface area contributed by atoms with Gasteiger partial charge >= 0.3 is 0 Å². The van der Waals surface area contributed by atoms with Crippen molar-refractivity contribution in [3.8, 4) is 0 Å². The molecule has 0 bridgehead atoms. The average Bonchev–Trinajstić information content (AvgIpc) is 2.30. The van der Waals surface area contributed by atoms with Crippen LogP contribution in [0.3, 0.4) is 0 Å². The van der Waals surface area contributed by atoms with Crippen LogP contribution in [0.15, 0.2) is 24.3 Å². The van der Waals surface area contributed by atoms with Gasteiger partial charge in [-0.2, -0.15) is 0 Å². The summed E-state index contributed by atoms with van der Waals surface area (Å²) >= 11 is 6.27. The second-order valence-electron chi connectivity index (χ2n) is 6.34. The topological polar surface area (TPSA) is 12.0 Å². The standard InChI is InChI=1S/C17H28ClN/c1-13(2)9-15(12-19-11-14(3)4)10-16-7-5-6-8-17(16)18/h5-8,13-15,19H,9-12H2,1-4H3. The first-order valence-electron chi connectivity index (χ1n) is 7.43. The fourth-order valence-electron chi connectivity index (χ4n) is 2.46. The molecule has 1 nitrogen and oxygen atoms in total. The molecule has 0 fully saturated rings. The van der Waals surface area contributed by atoms with E-state index >= 15 is 0 Å². The highest BCUT2D eigenvalue weighted by molar-refractivity contribution is 6.31. The molecule has 2 heteroatoms. The fraction of sp³-hybridized carbons (Fsp3) is 0.647. The van der Waals surface area contributed by atoms with Crippen LogP contribution in [0.2, 0.25) is 5.02 Å². The molecule has 1 unspecified atom stereocenters. The van der Waals surface area contributed by atoms with E-state index in [1.807, 2.05) is 12.1 Å². The Labute approximate surface area is 123 Å². The van der Waals surface area contributed by atoms with E-state index in [0.717, 1.165) is 30.5 Å². The molecule has 1 atom stereocenters. The zero-order valence-corrected chi connectivity index (χ0v) is 13.5. The van der Waals surface area contributed by atoms with E-state index in [4.69, 9.17) is 11.6 Å². The number of hydrogen-bond donors (Lipinski definition) is 1. The smallest absolute Gasteiger partial charge is 0.0438 e. The highest BCUT2D eigenvalue weighted by atomic mass is 35.5. The Hall–Kier alpha value is -0.530. The van der Waals surface area contributed by atoms with Gasteiger partial charge in [0, 0.05) is 5.02 Å². The third kappa shape index (κ3) is 6.98. The lowest BCUT2D eigenvalue weighted by molar-refractivity contribution is 0.376. The van der Waals surface area contributed by atoms with Gasteiger partial charge in [0.25, 0.3) is 0 Å². The molecule has 0 aliphatic carbocycles. The average molecular weight is 282 g/mol. The lowest BCUT2D eigenvalue weighted by Crippen LogP contribution is -2.28. The predicted octanol–water partition coefficient (Wildman–Crippen LogP) is 4.79. The van der Waals surface area contributed by atoms with Crippen molar-refractivity contribution in [2.24, 2.45) is 17.8 Å². The van der Waals surface area contributed by atoms with Gasteiger partial charge < -0.3 is 5.32 Å². The lowest BCUT2D eigenvalue weighted by atomic mass is 9.90. The molecule has 0 aliphatic rings. The Morgan fingerprint density at radius 3 is 2.26 bits per heavy atom. The number of halogens is 1. The molecule has 0 radical (unpaired) electrons. The SMILES string of the molecule is CC(C)CNCC(Cc1ccccc1Cl)CC(C)C. The van der Waals surface area contributed by atoms with Crippen LogP contribution in [0.5, 0.6) is 0 Å². The van der Waals surface area contributed by atoms with Crippen molar-refractivity contribution in [1.82, 2.24) is 5.32 Å². The first-order valence-corrected chi connectivity index (χ1v) is 7.81. The molecular weight excluding hydrogens is 254 g/mol. The second-order valence-corrected chi connectivity index (χ2v) is 6.75. The molecule has 0 spiro atoms. The Bertz CT molecular complexity index is 360. The Balaban J connectivity index is 2.56. The second kappa shape index (κ2) is 8.60. The third-order valence-corrected chi connectivity index (χ3v) is 3.63. The van der Waals surface area contributed by atoms with E-state index in [-0.39, 0.29) is 0 Å². The zero-order valence-electron chi connectivity index (χ0n) is 12.7. The van der Waals surface area contributed by atoms with Crippen molar-refractivity contribution in [3.63, 3.8) is 0 Å². The monoisotopic (exact) mass is 281 g/mol. The highest BCUT2D eigenvalue weighted by Gasteiger charge is 2.13. The molecule has 0 heterocycles. The molecule has 0 saturated heterocycles. The molecular formula is C17H28ClN. The molecule has 108 valence electrons. The molecule has 1 rings (SSSR count). The number of nitrogens with one attached hydrogen (secondary N) is 1. The van der Waals surface area contributed by atoms with E-state index in [0.29, 0.717) is 11.8 Å². The van der Waals surface area contributed by atoms with Gasteiger partial charge in [-0.15, -0.1) is 0 Å². The highest BCUT2D eigenvalue weighted by Crippen LogP contribution is 2.22. The van der Waals surface area contributed by atoms with Crippen LogP contribution in [0.1, 0.15) is 39.7 Å². The molecule has 1 aromatic rings.